The van der Waals surface area contributed by atoms with Gasteiger partial charge in [-0.05, 0) is 12.8 Å². The maximum atomic E-state index is 12.2. The molecule has 0 N–H and O–H groups in total. The molecule has 0 bridgehead atoms. The zero-order valence-electron chi connectivity index (χ0n) is 10.6. The van der Waals surface area contributed by atoms with Crippen LogP contribution in [0.5, 0.6) is 0 Å². The van der Waals surface area contributed by atoms with Crippen LogP contribution < -0.4 is 0 Å². The number of hydrogen-bond donors (Lipinski definition) is 0. The summed E-state index contributed by atoms with van der Waals surface area (Å²) in [6.45, 7) is 2.37. The average Bonchev–Trinajstić information content (AvgIpc) is 2.92. The number of nitrogens with zero attached hydrogens (tertiary/aromatic N) is 3. The van der Waals surface area contributed by atoms with Crippen LogP contribution in [-0.4, -0.2) is 47.8 Å². The molecule has 1 saturated carbocycles. The quantitative estimate of drug-likeness (QED) is 0.725. The average molecular weight is 249 g/mol. The van der Waals surface area contributed by atoms with E-state index in [0.717, 1.165) is 25.7 Å². The zero-order valence-corrected chi connectivity index (χ0v) is 10.6. The molecular formula is C13H19N3O2. The Morgan fingerprint density at radius 3 is 2.17 bits per heavy atom. The summed E-state index contributed by atoms with van der Waals surface area (Å²) < 4.78 is 0. The third-order valence-electron chi connectivity index (χ3n) is 3.88. The van der Waals surface area contributed by atoms with Crippen LogP contribution in [0.2, 0.25) is 0 Å². The number of piperazine rings is 1. The van der Waals surface area contributed by atoms with Crippen molar-refractivity contribution >= 4 is 11.8 Å². The van der Waals surface area contributed by atoms with Crippen LogP contribution in [0.25, 0.3) is 0 Å². The molecule has 2 rings (SSSR count). The van der Waals surface area contributed by atoms with Gasteiger partial charge < -0.3 is 9.80 Å². The van der Waals surface area contributed by atoms with E-state index >= 15 is 0 Å². The Morgan fingerprint density at radius 1 is 1.06 bits per heavy atom. The lowest BCUT2D eigenvalue weighted by molar-refractivity contribution is -0.141. The molecule has 98 valence electrons. The molecule has 1 saturated heterocycles. The lowest BCUT2D eigenvalue weighted by Crippen LogP contribution is -2.51. The van der Waals surface area contributed by atoms with Gasteiger partial charge in [0, 0.05) is 32.1 Å². The first-order chi connectivity index (χ1) is 8.72. The Hall–Kier alpha value is -1.57. The predicted molar refractivity (Wildman–Crippen MR) is 65.3 cm³/mol. The topological polar surface area (TPSA) is 64.4 Å². The number of hydrogen-bond acceptors (Lipinski definition) is 3. The van der Waals surface area contributed by atoms with Gasteiger partial charge in [0.05, 0.1) is 6.07 Å². The standard InChI is InChI=1S/C13H19N3O2/c14-6-5-12(17)15-7-9-16(10-8-15)13(18)11-3-1-2-4-11/h11H,1-5,7-10H2. The van der Waals surface area contributed by atoms with Crippen molar-refractivity contribution in [3.63, 3.8) is 0 Å². The van der Waals surface area contributed by atoms with Gasteiger partial charge in [0.2, 0.25) is 11.8 Å². The smallest absolute Gasteiger partial charge is 0.236 e. The van der Waals surface area contributed by atoms with Crippen molar-refractivity contribution in [2.45, 2.75) is 32.1 Å². The Bertz CT molecular complexity index is 361. The van der Waals surface area contributed by atoms with Crippen molar-refractivity contribution in [1.82, 2.24) is 9.80 Å². The van der Waals surface area contributed by atoms with Crippen LogP contribution in [0.4, 0.5) is 0 Å². The number of carbonyl (C=O) groups excluding carboxylic acids is 2. The molecule has 0 aromatic heterocycles. The second kappa shape index (κ2) is 5.85. The van der Waals surface area contributed by atoms with Crippen molar-refractivity contribution < 1.29 is 9.59 Å². The fourth-order valence-corrected chi connectivity index (χ4v) is 2.79. The lowest BCUT2D eigenvalue weighted by Gasteiger charge is -2.35. The molecule has 5 heteroatoms. The highest BCUT2D eigenvalue weighted by molar-refractivity contribution is 5.80. The monoisotopic (exact) mass is 249 g/mol. The Kier molecular flexibility index (Phi) is 4.19. The summed E-state index contributed by atoms with van der Waals surface area (Å²) in [4.78, 5) is 27.3. The third-order valence-corrected chi connectivity index (χ3v) is 3.88. The summed E-state index contributed by atoms with van der Waals surface area (Å²) in [5, 5.41) is 8.49. The Balaban J connectivity index is 1.81. The lowest BCUT2D eigenvalue weighted by atomic mass is 10.1. The molecule has 1 heterocycles. The third kappa shape index (κ3) is 2.81. The normalized spacial score (nSPS) is 20.8. The second-order valence-electron chi connectivity index (χ2n) is 5.02. The van der Waals surface area contributed by atoms with E-state index in [1.54, 1.807) is 4.90 Å². The van der Waals surface area contributed by atoms with Gasteiger partial charge in [-0.2, -0.15) is 5.26 Å². The summed E-state index contributed by atoms with van der Waals surface area (Å²) in [5.41, 5.74) is 0. The number of rotatable bonds is 2. The minimum atomic E-state index is -0.120. The molecule has 2 amide bonds. The van der Waals surface area contributed by atoms with E-state index in [1.807, 2.05) is 11.0 Å². The highest BCUT2D eigenvalue weighted by atomic mass is 16.2. The van der Waals surface area contributed by atoms with Crippen LogP contribution in [-0.2, 0) is 9.59 Å². The second-order valence-corrected chi connectivity index (χ2v) is 5.02. The first kappa shape index (κ1) is 12.9. The highest BCUT2D eigenvalue weighted by Gasteiger charge is 2.30. The molecule has 0 atom stereocenters. The van der Waals surface area contributed by atoms with E-state index in [9.17, 15) is 9.59 Å². The molecule has 2 aliphatic rings. The SMILES string of the molecule is N#CCC(=O)N1CCN(C(=O)C2CCCC2)CC1. The minimum absolute atomic E-state index is 0.0590. The van der Waals surface area contributed by atoms with Crippen LogP contribution >= 0.6 is 0 Å². The molecule has 18 heavy (non-hydrogen) atoms. The van der Waals surface area contributed by atoms with Crippen LogP contribution in [0.1, 0.15) is 32.1 Å². The number of nitriles is 1. The van der Waals surface area contributed by atoms with Crippen LogP contribution in [0.15, 0.2) is 0 Å². The first-order valence-corrected chi connectivity index (χ1v) is 6.66. The minimum Gasteiger partial charge on any atom is -0.339 e. The van der Waals surface area contributed by atoms with Crippen molar-refractivity contribution in [1.29, 1.82) is 5.26 Å². The van der Waals surface area contributed by atoms with E-state index in [0.29, 0.717) is 26.2 Å². The van der Waals surface area contributed by atoms with Gasteiger partial charge in [0.15, 0.2) is 0 Å². The van der Waals surface area contributed by atoms with Crippen LogP contribution in [0.3, 0.4) is 0 Å². The van der Waals surface area contributed by atoms with Gasteiger partial charge in [-0.15, -0.1) is 0 Å². The first-order valence-electron chi connectivity index (χ1n) is 6.66. The summed E-state index contributed by atoms with van der Waals surface area (Å²) in [6, 6.07) is 1.87. The molecule has 1 aliphatic heterocycles. The summed E-state index contributed by atoms with van der Waals surface area (Å²) in [7, 11) is 0. The Labute approximate surface area is 107 Å². The zero-order chi connectivity index (χ0) is 13.0. The Morgan fingerprint density at radius 2 is 1.61 bits per heavy atom. The fraction of sp³-hybridized carbons (Fsp3) is 0.769. The van der Waals surface area contributed by atoms with Gasteiger partial charge >= 0.3 is 0 Å². The molecular weight excluding hydrogens is 230 g/mol. The summed E-state index contributed by atoms with van der Waals surface area (Å²) in [6.07, 6.45) is 4.31. The number of amides is 2. The van der Waals surface area contributed by atoms with Crippen molar-refractivity contribution in [2.75, 3.05) is 26.2 Å². The molecule has 2 fully saturated rings. The molecule has 0 aromatic rings. The molecule has 0 aromatic carbocycles. The summed E-state index contributed by atoms with van der Waals surface area (Å²) in [5.74, 6) is 0.358. The molecule has 0 unspecified atom stereocenters. The van der Waals surface area contributed by atoms with Crippen molar-refractivity contribution in [3.05, 3.63) is 0 Å². The summed E-state index contributed by atoms with van der Waals surface area (Å²) >= 11 is 0. The van der Waals surface area contributed by atoms with Gasteiger partial charge in [0.1, 0.15) is 6.42 Å². The maximum absolute atomic E-state index is 12.2. The largest absolute Gasteiger partial charge is 0.339 e. The van der Waals surface area contributed by atoms with Gasteiger partial charge in [-0.25, -0.2) is 0 Å². The van der Waals surface area contributed by atoms with E-state index in [-0.39, 0.29) is 24.2 Å². The fourth-order valence-electron chi connectivity index (χ4n) is 2.79. The predicted octanol–water partition coefficient (Wildman–Crippen LogP) is 0.761. The van der Waals surface area contributed by atoms with E-state index in [4.69, 9.17) is 5.26 Å². The molecule has 5 nitrogen and oxygen atoms in total. The molecule has 1 aliphatic carbocycles. The molecule has 0 radical (unpaired) electrons. The van der Waals surface area contributed by atoms with Gasteiger partial charge in [-0.3, -0.25) is 9.59 Å². The maximum Gasteiger partial charge on any atom is 0.236 e. The van der Waals surface area contributed by atoms with Gasteiger partial charge in [-0.1, -0.05) is 12.8 Å². The van der Waals surface area contributed by atoms with E-state index in [2.05, 4.69) is 0 Å². The van der Waals surface area contributed by atoms with Crippen molar-refractivity contribution in [2.24, 2.45) is 5.92 Å². The van der Waals surface area contributed by atoms with Gasteiger partial charge in [0.25, 0.3) is 0 Å². The van der Waals surface area contributed by atoms with Crippen LogP contribution in [0, 0.1) is 17.2 Å². The van der Waals surface area contributed by atoms with E-state index in [1.165, 1.54) is 0 Å². The highest BCUT2D eigenvalue weighted by Crippen LogP contribution is 2.26. The molecule has 0 spiro atoms. The van der Waals surface area contributed by atoms with Crippen molar-refractivity contribution in [3.8, 4) is 6.07 Å². The number of carbonyl (C=O) groups is 2. The van der Waals surface area contributed by atoms with E-state index < -0.39 is 0 Å².